The molecule has 1 heteroatoms. The third kappa shape index (κ3) is 3.24. The van der Waals surface area contributed by atoms with Crippen molar-refractivity contribution in [2.75, 3.05) is 0 Å². The SMILES string of the molecule is CC(P)C1CCC(C(C)(C)C)CC1. The molecule has 0 nitrogen and oxygen atoms in total. The lowest BCUT2D eigenvalue weighted by molar-refractivity contribution is 0.150. The van der Waals surface area contributed by atoms with Gasteiger partial charge in [0.05, 0.1) is 0 Å². The van der Waals surface area contributed by atoms with Gasteiger partial charge in [-0.15, -0.1) is 9.24 Å². The summed E-state index contributed by atoms with van der Waals surface area (Å²) >= 11 is 0. The van der Waals surface area contributed by atoms with Gasteiger partial charge in [0, 0.05) is 0 Å². The van der Waals surface area contributed by atoms with Crippen LogP contribution in [-0.2, 0) is 0 Å². The zero-order valence-corrected chi connectivity index (χ0v) is 10.8. The molecule has 0 aromatic rings. The van der Waals surface area contributed by atoms with Crippen molar-refractivity contribution in [1.82, 2.24) is 0 Å². The van der Waals surface area contributed by atoms with E-state index in [1.807, 2.05) is 0 Å². The van der Waals surface area contributed by atoms with Crippen LogP contribution in [0.5, 0.6) is 0 Å². The monoisotopic (exact) mass is 200 g/mol. The van der Waals surface area contributed by atoms with Crippen molar-refractivity contribution in [2.24, 2.45) is 17.3 Å². The summed E-state index contributed by atoms with van der Waals surface area (Å²) in [6, 6.07) is 0. The third-order valence-corrected chi connectivity index (χ3v) is 4.28. The van der Waals surface area contributed by atoms with E-state index in [-0.39, 0.29) is 0 Å². The van der Waals surface area contributed by atoms with Gasteiger partial charge in [0.1, 0.15) is 0 Å². The summed E-state index contributed by atoms with van der Waals surface area (Å²) in [4.78, 5) is 0. The van der Waals surface area contributed by atoms with Gasteiger partial charge in [-0.1, -0.05) is 27.7 Å². The first kappa shape index (κ1) is 11.5. The minimum Gasteiger partial charge on any atom is -0.134 e. The molecule has 1 aliphatic carbocycles. The Kier molecular flexibility index (Phi) is 3.81. The quantitative estimate of drug-likeness (QED) is 0.559. The van der Waals surface area contributed by atoms with Crippen LogP contribution >= 0.6 is 9.24 Å². The fraction of sp³-hybridized carbons (Fsp3) is 1.00. The summed E-state index contributed by atoms with van der Waals surface area (Å²) in [5, 5.41) is 0. The predicted octanol–water partition coefficient (Wildman–Crippen LogP) is 4.10. The maximum atomic E-state index is 2.97. The van der Waals surface area contributed by atoms with Crippen LogP contribution in [0, 0.1) is 17.3 Å². The van der Waals surface area contributed by atoms with Crippen LogP contribution in [0.15, 0.2) is 0 Å². The van der Waals surface area contributed by atoms with E-state index in [1.54, 1.807) is 0 Å². The van der Waals surface area contributed by atoms with Crippen LogP contribution in [0.3, 0.4) is 0 Å². The highest BCUT2D eigenvalue weighted by molar-refractivity contribution is 7.17. The van der Waals surface area contributed by atoms with Crippen molar-refractivity contribution in [2.45, 2.75) is 59.0 Å². The Balaban J connectivity index is 2.39. The Bertz CT molecular complexity index is 147. The summed E-state index contributed by atoms with van der Waals surface area (Å²) < 4.78 is 0. The predicted molar refractivity (Wildman–Crippen MR) is 64.1 cm³/mol. The van der Waals surface area contributed by atoms with E-state index in [9.17, 15) is 0 Å². The molecule has 0 aromatic carbocycles. The molecule has 0 N–H and O–H groups in total. The molecule has 0 bridgehead atoms. The van der Waals surface area contributed by atoms with Gasteiger partial charge < -0.3 is 0 Å². The van der Waals surface area contributed by atoms with E-state index in [2.05, 4.69) is 36.9 Å². The van der Waals surface area contributed by atoms with Crippen molar-refractivity contribution >= 4 is 9.24 Å². The topological polar surface area (TPSA) is 0 Å². The van der Waals surface area contributed by atoms with Crippen molar-refractivity contribution in [1.29, 1.82) is 0 Å². The molecule has 0 saturated heterocycles. The summed E-state index contributed by atoms with van der Waals surface area (Å²) in [6.45, 7) is 9.51. The zero-order valence-electron chi connectivity index (χ0n) is 9.64. The zero-order chi connectivity index (χ0) is 10.1. The van der Waals surface area contributed by atoms with E-state index in [4.69, 9.17) is 0 Å². The third-order valence-electron chi connectivity index (χ3n) is 3.74. The number of hydrogen-bond donors (Lipinski definition) is 0. The lowest BCUT2D eigenvalue weighted by Crippen LogP contribution is -2.28. The molecule has 0 radical (unpaired) electrons. The van der Waals surface area contributed by atoms with Gasteiger partial charge in [0.15, 0.2) is 0 Å². The van der Waals surface area contributed by atoms with Gasteiger partial charge in [0.2, 0.25) is 0 Å². The molecule has 1 aliphatic rings. The Morgan fingerprint density at radius 3 is 1.85 bits per heavy atom. The smallest absolute Gasteiger partial charge is 0.0264 e. The molecule has 0 aliphatic heterocycles. The van der Waals surface area contributed by atoms with Crippen molar-refractivity contribution in [3.8, 4) is 0 Å². The average molecular weight is 200 g/mol. The second-order valence-corrected chi connectivity index (χ2v) is 6.89. The molecular formula is C12H25P. The van der Waals surface area contributed by atoms with Crippen LogP contribution in [0.4, 0.5) is 0 Å². The maximum Gasteiger partial charge on any atom is -0.0264 e. The van der Waals surface area contributed by atoms with Gasteiger partial charge in [-0.3, -0.25) is 0 Å². The first-order valence-corrected chi connectivity index (χ1v) is 6.33. The Labute approximate surface area is 86.1 Å². The lowest BCUT2D eigenvalue weighted by atomic mass is 9.69. The van der Waals surface area contributed by atoms with E-state index in [0.717, 1.165) is 17.5 Å². The first-order valence-electron chi connectivity index (χ1n) is 5.67. The Morgan fingerprint density at radius 2 is 1.54 bits per heavy atom. The van der Waals surface area contributed by atoms with E-state index in [1.165, 1.54) is 25.7 Å². The highest BCUT2D eigenvalue weighted by Gasteiger charge is 2.30. The standard InChI is InChI=1S/C12H25P/c1-9(13)10-5-7-11(8-6-10)12(2,3)4/h9-11H,5-8,13H2,1-4H3. The average Bonchev–Trinajstić information content (AvgIpc) is 2.03. The number of hydrogen-bond acceptors (Lipinski definition) is 0. The summed E-state index contributed by atoms with van der Waals surface area (Å²) in [5.74, 6) is 1.94. The molecule has 2 atom stereocenters. The highest BCUT2D eigenvalue weighted by atomic mass is 31.0. The van der Waals surface area contributed by atoms with Crippen molar-refractivity contribution in [3.63, 3.8) is 0 Å². The normalized spacial score (nSPS) is 33.0. The molecular weight excluding hydrogens is 175 g/mol. The Morgan fingerprint density at radius 1 is 1.08 bits per heavy atom. The van der Waals surface area contributed by atoms with Gasteiger partial charge in [-0.2, -0.15) is 0 Å². The second-order valence-electron chi connectivity index (χ2n) is 5.84. The van der Waals surface area contributed by atoms with E-state index in [0.29, 0.717) is 5.41 Å². The van der Waals surface area contributed by atoms with E-state index < -0.39 is 0 Å². The molecule has 0 amide bonds. The molecule has 13 heavy (non-hydrogen) atoms. The molecule has 1 saturated carbocycles. The van der Waals surface area contributed by atoms with Crippen molar-refractivity contribution in [3.05, 3.63) is 0 Å². The molecule has 1 fully saturated rings. The molecule has 0 aromatic heterocycles. The van der Waals surface area contributed by atoms with Gasteiger partial charge in [-0.05, 0) is 48.6 Å². The Hall–Kier alpha value is 0.430. The van der Waals surface area contributed by atoms with Gasteiger partial charge in [0.25, 0.3) is 0 Å². The molecule has 0 spiro atoms. The first-order chi connectivity index (χ1) is 5.91. The summed E-state index contributed by atoms with van der Waals surface area (Å²) in [6.07, 6.45) is 5.80. The number of rotatable bonds is 1. The second kappa shape index (κ2) is 4.30. The highest BCUT2D eigenvalue weighted by Crippen LogP contribution is 2.41. The van der Waals surface area contributed by atoms with Crippen LogP contribution in [0.25, 0.3) is 0 Å². The van der Waals surface area contributed by atoms with Gasteiger partial charge in [-0.25, -0.2) is 0 Å². The van der Waals surface area contributed by atoms with Crippen LogP contribution in [0.1, 0.15) is 53.4 Å². The minimum atomic E-state index is 0.537. The molecule has 2 unspecified atom stereocenters. The van der Waals surface area contributed by atoms with Gasteiger partial charge >= 0.3 is 0 Å². The summed E-state index contributed by atoms with van der Waals surface area (Å²) in [5.41, 5.74) is 1.36. The fourth-order valence-corrected chi connectivity index (χ4v) is 2.90. The van der Waals surface area contributed by atoms with E-state index >= 15 is 0 Å². The summed E-state index contributed by atoms with van der Waals surface area (Å²) in [7, 11) is 2.97. The van der Waals surface area contributed by atoms with Crippen LogP contribution in [0.2, 0.25) is 0 Å². The van der Waals surface area contributed by atoms with Crippen LogP contribution < -0.4 is 0 Å². The largest absolute Gasteiger partial charge is 0.134 e. The fourth-order valence-electron chi connectivity index (χ4n) is 2.51. The maximum absolute atomic E-state index is 2.97. The molecule has 1 rings (SSSR count). The molecule has 0 heterocycles. The molecule has 78 valence electrons. The lowest BCUT2D eigenvalue weighted by Gasteiger charge is -2.38. The van der Waals surface area contributed by atoms with Crippen LogP contribution in [-0.4, -0.2) is 5.66 Å². The minimum absolute atomic E-state index is 0.537. The van der Waals surface area contributed by atoms with Crippen molar-refractivity contribution < 1.29 is 0 Å².